The summed E-state index contributed by atoms with van der Waals surface area (Å²) in [5.74, 6) is 0.375. The second-order valence-electron chi connectivity index (χ2n) is 5.67. The van der Waals surface area contributed by atoms with E-state index in [4.69, 9.17) is 0 Å². The molecule has 1 spiro atoms. The van der Waals surface area contributed by atoms with Crippen LogP contribution in [0.25, 0.3) is 0 Å². The number of anilines is 1. The van der Waals surface area contributed by atoms with Crippen LogP contribution in [-0.2, 0) is 0 Å². The molecule has 1 atom stereocenters. The van der Waals surface area contributed by atoms with Gasteiger partial charge in [0.1, 0.15) is 0 Å². The summed E-state index contributed by atoms with van der Waals surface area (Å²) < 4.78 is 0.621. The lowest BCUT2D eigenvalue weighted by Crippen LogP contribution is -2.58. The highest BCUT2D eigenvalue weighted by Gasteiger charge is 2.41. The van der Waals surface area contributed by atoms with Gasteiger partial charge in [0.05, 0.1) is 4.92 Å². The molecule has 0 amide bonds. The summed E-state index contributed by atoms with van der Waals surface area (Å²) in [5.41, 5.74) is 0.292. The van der Waals surface area contributed by atoms with Crippen LogP contribution < -0.4 is 10.6 Å². The molecular weight excluding hydrogens is 324 g/mol. The fraction of sp³-hybridized carbons (Fsp3) is 0.615. The van der Waals surface area contributed by atoms with E-state index in [2.05, 4.69) is 31.5 Å². The third-order valence-electron chi connectivity index (χ3n) is 4.31. The zero-order valence-electron chi connectivity index (χ0n) is 11.1. The first kappa shape index (κ1) is 13.8. The topological polar surface area (TPSA) is 80.1 Å². The molecule has 1 aliphatic heterocycles. The highest BCUT2D eigenvalue weighted by molar-refractivity contribution is 9.10. The van der Waals surface area contributed by atoms with Crippen molar-refractivity contribution in [3.63, 3.8) is 0 Å². The van der Waals surface area contributed by atoms with Crippen molar-refractivity contribution in [3.05, 3.63) is 26.9 Å². The molecule has 7 heteroatoms. The molecule has 0 radical (unpaired) electrons. The monoisotopic (exact) mass is 340 g/mol. The van der Waals surface area contributed by atoms with Crippen molar-refractivity contribution in [1.29, 1.82) is 0 Å². The lowest BCUT2D eigenvalue weighted by Gasteiger charge is -2.48. The van der Waals surface area contributed by atoms with E-state index in [0.29, 0.717) is 10.3 Å². The summed E-state index contributed by atoms with van der Waals surface area (Å²) in [6, 6.07) is 1.75. The number of hydrogen-bond donors (Lipinski definition) is 2. The Labute approximate surface area is 125 Å². The summed E-state index contributed by atoms with van der Waals surface area (Å²) in [5, 5.41) is 18.0. The van der Waals surface area contributed by atoms with Crippen LogP contribution in [0.15, 0.2) is 16.7 Å². The van der Waals surface area contributed by atoms with Crippen molar-refractivity contribution in [2.24, 2.45) is 0 Å². The minimum atomic E-state index is -0.389. The van der Waals surface area contributed by atoms with E-state index in [1.807, 2.05) is 0 Å². The van der Waals surface area contributed by atoms with E-state index < -0.39 is 0 Å². The van der Waals surface area contributed by atoms with Crippen molar-refractivity contribution in [2.75, 3.05) is 11.9 Å². The smallest absolute Gasteiger partial charge is 0.312 e. The predicted molar refractivity (Wildman–Crippen MR) is 79.8 cm³/mol. The van der Waals surface area contributed by atoms with E-state index in [-0.39, 0.29) is 22.2 Å². The molecule has 20 heavy (non-hydrogen) atoms. The summed E-state index contributed by atoms with van der Waals surface area (Å²) in [4.78, 5) is 14.9. The van der Waals surface area contributed by atoms with Gasteiger partial charge >= 0.3 is 5.69 Å². The molecule has 2 aliphatic rings. The molecule has 1 aromatic rings. The fourth-order valence-corrected chi connectivity index (χ4v) is 3.46. The Hall–Kier alpha value is -1.21. The van der Waals surface area contributed by atoms with Crippen LogP contribution in [0.4, 0.5) is 11.5 Å². The van der Waals surface area contributed by atoms with Crippen LogP contribution in [0.1, 0.15) is 32.1 Å². The second-order valence-corrected chi connectivity index (χ2v) is 6.59. The number of pyridine rings is 1. The van der Waals surface area contributed by atoms with Crippen LogP contribution in [0.5, 0.6) is 0 Å². The number of halogens is 1. The first-order valence-electron chi connectivity index (χ1n) is 6.89. The molecule has 0 bridgehead atoms. The Morgan fingerprint density at radius 2 is 2.35 bits per heavy atom. The van der Waals surface area contributed by atoms with E-state index in [1.54, 1.807) is 6.20 Å². The van der Waals surface area contributed by atoms with Gasteiger partial charge in [-0.25, -0.2) is 4.98 Å². The van der Waals surface area contributed by atoms with E-state index in [0.717, 1.165) is 19.4 Å². The van der Waals surface area contributed by atoms with Gasteiger partial charge in [0.2, 0.25) is 5.82 Å². The number of nitrogens with zero attached hydrogens (tertiary/aromatic N) is 2. The highest BCUT2D eigenvalue weighted by atomic mass is 79.9. The molecule has 2 heterocycles. The number of rotatable bonds is 3. The van der Waals surface area contributed by atoms with Crippen molar-refractivity contribution in [3.8, 4) is 0 Å². The molecular formula is C13H17BrN4O2. The molecule has 108 valence electrons. The Kier molecular flexibility index (Phi) is 3.64. The lowest BCUT2D eigenvalue weighted by molar-refractivity contribution is -0.384. The van der Waals surface area contributed by atoms with E-state index >= 15 is 0 Å². The minimum absolute atomic E-state index is 0.0283. The van der Waals surface area contributed by atoms with Gasteiger partial charge in [-0.3, -0.25) is 10.1 Å². The lowest BCUT2D eigenvalue weighted by atomic mass is 9.70. The van der Waals surface area contributed by atoms with Crippen LogP contribution >= 0.6 is 15.9 Å². The molecule has 1 unspecified atom stereocenters. The average molecular weight is 341 g/mol. The quantitative estimate of drug-likeness (QED) is 0.653. The summed E-state index contributed by atoms with van der Waals surface area (Å²) in [7, 11) is 0. The third kappa shape index (κ3) is 2.64. The van der Waals surface area contributed by atoms with Crippen molar-refractivity contribution < 1.29 is 4.92 Å². The largest absolute Gasteiger partial charge is 0.361 e. The molecule has 2 N–H and O–H groups in total. The first-order valence-corrected chi connectivity index (χ1v) is 7.69. The van der Waals surface area contributed by atoms with Crippen LogP contribution in [0.2, 0.25) is 0 Å². The summed E-state index contributed by atoms with van der Waals surface area (Å²) in [6.07, 6.45) is 7.27. The second kappa shape index (κ2) is 5.29. The van der Waals surface area contributed by atoms with Crippen molar-refractivity contribution in [2.45, 2.75) is 43.7 Å². The molecule has 0 aromatic carbocycles. The van der Waals surface area contributed by atoms with Gasteiger partial charge in [-0.1, -0.05) is 0 Å². The standard InChI is InChI=1S/C13H17BrN4O2/c14-9-6-11(18(19)20)12(15-8-9)17-10-2-5-16-13(7-10)3-1-4-13/h6,8,10,16H,1-5,7H2,(H,15,17). The van der Waals surface area contributed by atoms with Gasteiger partial charge in [0, 0.05) is 28.3 Å². The van der Waals surface area contributed by atoms with Gasteiger partial charge in [-0.2, -0.15) is 0 Å². The number of nitrogens with one attached hydrogen (secondary N) is 2. The predicted octanol–water partition coefficient (Wildman–Crippen LogP) is 2.84. The minimum Gasteiger partial charge on any atom is -0.361 e. The Bertz CT molecular complexity index is 533. The molecule has 1 aliphatic carbocycles. The van der Waals surface area contributed by atoms with Crippen molar-refractivity contribution in [1.82, 2.24) is 10.3 Å². The fourth-order valence-electron chi connectivity index (χ4n) is 3.14. The van der Waals surface area contributed by atoms with E-state index in [1.165, 1.54) is 25.3 Å². The molecule has 1 aromatic heterocycles. The van der Waals surface area contributed by atoms with Gasteiger partial charge in [-0.05, 0) is 54.6 Å². The number of aromatic nitrogens is 1. The third-order valence-corrected chi connectivity index (χ3v) is 4.75. The highest BCUT2D eigenvalue weighted by Crippen LogP contribution is 2.39. The van der Waals surface area contributed by atoms with Crippen LogP contribution in [0, 0.1) is 10.1 Å². The summed E-state index contributed by atoms with van der Waals surface area (Å²) in [6.45, 7) is 0.960. The first-order chi connectivity index (χ1) is 9.58. The van der Waals surface area contributed by atoms with Gasteiger partial charge in [0.25, 0.3) is 0 Å². The number of hydrogen-bond acceptors (Lipinski definition) is 5. The maximum atomic E-state index is 11.1. The van der Waals surface area contributed by atoms with Gasteiger partial charge < -0.3 is 10.6 Å². The molecule has 1 saturated carbocycles. The average Bonchev–Trinajstić information content (AvgIpc) is 2.39. The molecule has 6 nitrogen and oxygen atoms in total. The molecule has 1 saturated heterocycles. The zero-order valence-corrected chi connectivity index (χ0v) is 12.6. The normalized spacial score (nSPS) is 24.1. The maximum Gasteiger partial charge on any atom is 0.312 e. The Morgan fingerprint density at radius 3 is 3.00 bits per heavy atom. The van der Waals surface area contributed by atoms with Crippen LogP contribution in [0.3, 0.4) is 0 Å². The Balaban J connectivity index is 1.75. The Morgan fingerprint density at radius 1 is 1.55 bits per heavy atom. The molecule has 3 rings (SSSR count). The zero-order chi connectivity index (χ0) is 14.2. The number of piperidine rings is 1. The summed E-state index contributed by atoms with van der Waals surface area (Å²) >= 11 is 3.22. The number of nitro groups is 1. The van der Waals surface area contributed by atoms with Gasteiger partial charge in [-0.15, -0.1) is 0 Å². The van der Waals surface area contributed by atoms with Crippen LogP contribution in [-0.4, -0.2) is 28.0 Å². The van der Waals surface area contributed by atoms with E-state index in [9.17, 15) is 10.1 Å². The SMILES string of the molecule is O=[N+]([O-])c1cc(Br)cnc1NC1CCNC2(CCC2)C1. The maximum absolute atomic E-state index is 11.1. The molecule has 2 fully saturated rings. The van der Waals surface area contributed by atoms with Gasteiger partial charge in [0.15, 0.2) is 0 Å². The van der Waals surface area contributed by atoms with Crippen molar-refractivity contribution >= 4 is 27.4 Å².